The summed E-state index contributed by atoms with van der Waals surface area (Å²) >= 11 is 12.4. The Morgan fingerprint density at radius 2 is 1.62 bits per heavy atom. The van der Waals surface area contributed by atoms with Crippen LogP contribution in [0.1, 0.15) is 25.0 Å². The average Bonchev–Trinajstić information content (AvgIpc) is 2.87. The third-order valence-electron chi connectivity index (χ3n) is 5.78. The average molecular weight is 563 g/mol. The fourth-order valence-corrected chi connectivity index (χ4v) is 5.73. The Balaban J connectivity index is 2.04. The van der Waals surface area contributed by atoms with Crippen LogP contribution in [-0.2, 0) is 26.2 Å². The number of hydrogen-bond donors (Lipinski definition) is 1. The van der Waals surface area contributed by atoms with E-state index in [9.17, 15) is 18.0 Å². The zero-order valence-corrected chi connectivity index (χ0v) is 23.1. The summed E-state index contributed by atoms with van der Waals surface area (Å²) in [6.07, 6.45) is 0. The summed E-state index contributed by atoms with van der Waals surface area (Å²) in [6.45, 7) is 5.28. The zero-order chi connectivity index (χ0) is 27.2. The molecule has 10 heteroatoms. The summed E-state index contributed by atoms with van der Waals surface area (Å²) in [5.41, 5.74) is 1.96. The van der Waals surface area contributed by atoms with E-state index in [1.165, 1.54) is 35.2 Å². The van der Waals surface area contributed by atoms with Gasteiger partial charge in [-0.05, 0) is 56.7 Å². The zero-order valence-electron chi connectivity index (χ0n) is 20.8. The third-order valence-corrected chi connectivity index (χ3v) is 8.09. The monoisotopic (exact) mass is 561 g/mol. The summed E-state index contributed by atoms with van der Waals surface area (Å²) < 4.78 is 28.4. The molecule has 7 nitrogen and oxygen atoms in total. The Labute approximate surface area is 228 Å². The van der Waals surface area contributed by atoms with Gasteiger partial charge in [-0.25, -0.2) is 8.42 Å². The van der Waals surface area contributed by atoms with Crippen molar-refractivity contribution in [1.29, 1.82) is 0 Å². The molecule has 3 rings (SSSR count). The number of nitrogens with one attached hydrogen (secondary N) is 1. The fraction of sp³-hybridized carbons (Fsp3) is 0.259. The number of nitrogens with zero attached hydrogens (tertiary/aromatic N) is 2. The van der Waals surface area contributed by atoms with E-state index < -0.39 is 28.5 Å². The second-order valence-electron chi connectivity index (χ2n) is 8.50. The van der Waals surface area contributed by atoms with E-state index in [2.05, 4.69) is 5.32 Å². The molecule has 0 aromatic heterocycles. The van der Waals surface area contributed by atoms with Crippen molar-refractivity contribution in [2.45, 2.75) is 38.3 Å². The minimum Gasteiger partial charge on any atom is -0.355 e. The molecule has 0 unspecified atom stereocenters. The first kappa shape index (κ1) is 28.5. The highest BCUT2D eigenvalue weighted by Gasteiger charge is 2.33. The first-order chi connectivity index (χ1) is 17.5. The number of rotatable bonds is 10. The quantitative estimate of drug-likeness (QED) is 0.375. The summed E-state index contributed by atoms with van der Waals surface area (Å²) in [5, 5.41) is 3.12. The van der Waals surface area contributed by atoms with Crippen molar-refractivity contribution in [1.82, 2.24) is 10.2 Å². The highest BCUT2D eigenvalue weighted by Crippen LogP contribution is 2.33. The van der Waals surface area contributed by atoms with Crippen LogP contribution in [-0.4, -0.2) is 44.3 Å². The second kappa shape index (κ2) is 12.4. The molecule has 3 aromatic carbocycles. The summed E-state index contributed by atoms with van der Waals surface area (Å²) in [5.74, 6) is -0.908. The SMILES string of the molecule is CCNC(=O)[C@H](C)N(Cc1ccc(C)cc1)C(=O)CN(c1ccc(Cl)cc1Cl)S(=O)(=O)c1ccccc1. The van der Waals surface area contributed by atoms with Gasteiger partial charge in [-0.3, -0.25) is 13.9 Å². The van der Waals surface area contributed by atoms with Gasteiger partial charge in [0.05, 0.1) is 15.6 Å². The molecule has 0 saturated heterocycles. The molecule has 0 aliphatic carbocycles. The third kappa shape index (κ3) is 7.03. The van der Waals surface area contributed by atoms with Crippen LogP contribution in [0.5, 0.6) is 0 Å². The van der Waals surface area contributed by atoms with E-state index in [0.29, 0.717) is 11.6 Å². The van der Waals surface area contributed by atoms with Crippen LogP contribution >= 0.6 is 23.2 Å². The lowest BCUT2D eigenvalue weighted by molar-refractivity contribution is -0.139. The Hall–Kier alpha value is -3.07. The van der Waals surface area contributed by atoms with E-state index in [-0.39, 0.29) is 28.1 Å². The minimum atomic E-state index is -4.19. The van der Waals surface area contributed by atoms with Gasteiger partial charge >= 0.3 is 0 Å². The van der Waals surface area contributed by atoms with Crippen molar-refractivity contribution >= 4 is 50.7 Å². The van der Waals surface area contributed by atoms with Crippen LogP contribution in [0.15, 0.2) is 77.7 Å². The highest BCUT2D eigenvalue weighted by molar-refractivity contribution is 7.92. The molecule has 2 amide bonds. The summed E-state index contributed by atoms with van der Waals surface area (Å²) in [4.78, 5) is 27.9. The number of carbonyl (C=O) groups is 2. The topological polar surface area (TPSA) is 86.8 Å². The molecule has 0 aliphatic heterocycles. The lowest BCUT2D eigenvalue weighted by Gasteiger charge is -2.32. The van der Waals surface area contributed by atoms with Gasteiger partial charge in [-0.2, -0.15) is 0 Å². The molecular formula is C27H29Cl2N3O4S. The Morgan fingerprint density at radius 1 is 0.973 bits per heavy atom. The fourth-order valence-electron chi connectivity index (χ4n) is 3.71. The van der Waals surface area contributed by atoms with Crippen molar-refractivity contribution < 1.29 is 18.0 Å². The maximum atomic E-state index is 13.8. The van der Waals surface area contributed by atoms with Crippen molar-refractivity contribution in [3.05, 3.63) is 94.0 Å². The van der Waals surface area contributed by atoms with Crippen molar-refractivity contribution in [2.24, 2.45) is 0 Å². The molecule has 1 N–H and O–H groups in total. The first-order valence-corrected chi connectivity index (χ1v) is 13.9. The molecule has 1 atom stereocenters. The predicted molar refractivity (Wildman–Crippen MR) is 147 cm³/mol. The standard InChI is InChI=1S/C27H29Cl2N3O4S/c1-4-30-27(34)20(3)31(17-21-12-10-19(2)11-13-21)26(33)18-32(25-15-14-22(28)16-24(25)29)37(35,36)23-8-6-5-7-9-23/h5-16,20H,4,17-18H2,1-3H3,(H,30,34)/t20-/m0/s1. The number of sulfonamides is 1. The number of carbonyl (C=O) groups excluding carboxylic acids is 2. The Morgan fingerprint density at radius 3 is 2.22 bits per heavy atom. The van der Waals surface area contributed by atoms with Crippen molar-refractivity contribution in [3.8, 4) is 0 Å². The number of amides is 2. The number of aryl methyl sites for hydroxylation is 1. The smallest absolute Gasteiger partial charge is 0.264 e. The van der Waals surface area contributed by atoms with Crippen LogP contribution in [0.2, 0.25) is 10.0 Å². The second-order valence-corrected chi connectivity index (χ2v) is 11.2. The van der Waals surface area contributed by atoms with Crippen molar-refractivity contribution in [3.63, 3.8) is 0 Å². The molecular weight excluding hydrogens is 533 g/mol. The maximum absolute atomic E-state index is 13.8. The van der Waals surface area contributed by atoms with Crippen molar-refractivity contribution in [2.75, 3.05) is 17.4 Å². The molecule has 37 heavy (non-hydrogen) atoms. The number of hydrogen-bond acceptors (Lipinski definition) is 4. The van der Waals surface area contributed by atoms with Gasteiger partial charge in [0.25, 0.3) is 10.0 Å². The molecule has 0 fully saturated rings. The normalized spacial score (nSPS) is 12.0. The van der Waals surface area contributed by atoms with Crippen LogP contribution < -0.4 is 9.62 Å². The molecule has 0 bridgehead atoms. The molecule has 0 aliphatic rings. The number of benzene rings is 3. The largest absolute Gasteiger partial charge is 0.355 e. The lowest BCUT2D eigenvalue weighted by Crippen LogP contribution is -2.51. The maximum Gasteiger partial charge on any atom is 0.264 e. The van der Waals surface area contributed by atoms with Gasteiger partial charge in [-0.15, -0.1) is 0 Å². The highest BCUT2D eigenvalue weighted by atomic mass is 35.5. The van der Waals surface area contributed by atoms with Crippen LogP contribution in [0, 0.1) is 6.92 Å². The van der Waals surface area contributed by atoms with Gasteiger partial charge in [0.2, 0.25) is 11.8 Å². The Bertz CT molecular complexity index is 1350. The molecule has 0 heterocycles. The molecule has 0 saturated carbocycles. The van der Waals surface area contributed by atoms with Gasteiger partial charge < -0.3 is 10.2 Å². The van der Waals surface area contributed by atoms with E-state index >= 15 is 0 Å². The summed E-state index contributed by atoms with van der Waals surface area (Å²) in [7, 11) is -4.19. The molecule has 196 valence electrons. The van der Waals surface area contributed by atoms with Gasteiger partial charge in [0.15, 0.2) is 0 Å². The van der Waals surface area contributed by atoms with Gasteiger partial charge in [0, 0.05) is 18.1 Å². The predicted octanol–water partition coefficient (Wildman–Crippen LogP) is 5.05. The number of halogens is 2. The molecule has 3 aromatic rings. The van der Waals surface area contributed by atoms with Crippen LogP contribution in [0.25, 0.3) is 0 Å². The molecule has 0 spiro atoms. The van der Waals surface area contributed by atoms with E-state index in [1.54, 1.807) is 32.0 Å². The Kier molecular flexibility index (Phi) is 9.59. The first-order valence-electron chi connectivity index (χ1n) is 11.7. The summed E-state index contributed by atoms with van der Waals surface area (Å²) in [6, 6.07) is 18.9. The van der Waals surface area contributed by atoms with Crippen LogP contribution in [0.4, 0.5) is 5.69 Å². The van der Waals surface area contributed by atoms with Gasteiger partial charge in [-0.1, -0.05) is 71.2 Å². The van der Waals surface area contributed by atoms with Crippen LogP contribution in [0.3, 0.4) is 0 Å². The lowest BCUT2D eigenvalue weighted by atomic mass is 10.1. The van der Waals surface area contributed by atoms with E-state index in [0.717, 1.165) is 15.4 Å². The molecule has 0 radical (unpaired) electrons. The van der Waals surface area contributed by atoms with E-state index in [1.807, 2.05) is 31.2 Å². The van der Waals surface area contributed by atoms with E-state index in [4.69, 9.17) is 23.2 Å². The number of likely N-dealkylation sites (N-methyl/N-ethyl adjacent to an activating group) is 1. The minimum absolute atomic E-state index is 0.00400. The van der Waals surface area contributed by atoms with Gasteiger partial charge in [0.1, 0.15) is 12.6 Å². The number of anilines is 1.